The van der Waals surface area contributed by atoms with Crippen LogP contribution in [0.2, 0.25) is 0 Å². The third-order valence-corrected chi connectivity index (χ3v) is 4.21. The fourth-order valence-electron chi connectivity index (χ4n) is 0.818. The Hall–Kier alpha value is 1.25. The zero-order valence-corrected chi connectivity index (χ0v) is 10.6. The first-order chi connectivity index (χ1) is 5.22. The van der Waals surface area contributed by atoms with Crippen molar-refractivity contribution >= 4 is 41.4 Å². The van der Waals surface area contributed by atoms with Crippen molar-refractivity contribution in [3.05, 3.63) is 12.2 Å². The first-order valence-electron chi connectivity index (χ1n) is 3.50. The number of halogens is 1. The van der Waals surface area contributed by atoms with Gasteiger partial charge < -0.3 is 0 Å². The van der Waals surface area contributed by atoms with Crippen molar-refractivity contribution in [2.75, 3.05) is 0 Å². The van der Waals surface area contributed by atoms with Crippen LogP contribution >= 0.6 is 41.4 Å². The van der Waals surface area contributed by atoms with Crippen LogP contribution in [-0.4, -0.2) is 9.59 Å². The summed E-state index contributed by atoms with van der Waals surface area (Å²) in [7, 11) is 5.09. The second-order valence-corrected chi connectivity index (χ2v) is 4.69. The summed E-state index contributed by atoms with van der Waals surface area (Å²) >= 11 is 2.34. The molecule has 1 fully saturated rings. The summed E-state index contributed by atoms with van der Waals surface area (Å²) in [6.45, 7) is 0. The van der Waals surface area contributed by atoms with Crippen LogP contribution < -0.4 is 10.2 Å². The molecule has 2 unspecified atom stereocenters. The van der Waals surface area contributed by atoms with Crippen molar-refractivity contribution in [3.8, 4) is 0 Å². The molecule has 11 heavy (non-hydrogen) atoms. The number of rotatable bonds is 4. The molecular formula is C6H13IN2P2. The van der Waals surface area contributed by atoms with Crippen LogP contribution in [0.1, 0.15) is 12.8 Å². The van der Waals surface area contributed by atoms with Crippen molar-refractivity contribution in [2.45, 2.75) is 22.4 Å². The molecular weight excluding hydrogens is 289 g/mol. The lowest BCUT2D eigenvalue weighted by atomic mass is 10.3. The molecule has 1 saturated carbocycles. The maximum atomic E-state index is 3.22. The largest absolute Gasteiger partial charge is 0.291 e. The zero-order valence-electron chi connectivity index (χ0n) is 6.18. The van der Waals surface area contributed by atoms with Crippen LogP contribution in [-0.2, 0) is 0 Å². The van der Waals surface area contributed by atoms with Crippen LogP contribution in [0.4, 0.5) is 0 Å². The van der Waals surface area contributed by atoms with Crippen molar-refractivity contribution in [2.24, 2.45) is 0 Å². The molecule has 1 aliphatic carbocycles. The van der Waals surface area contributed by atoms with E-state index in [-0.39, 0.29) is 0 Å². The highest BCUT2D eigenvalue weighted by molar-refractivity contribution is 14.1. The quantitative estimate of drug-likeness (QED) is 0.271. The highest BCUT2D eigenvalue weighted by Gasteiger charge is 2.38. The molecule has 0 aliphatic heterocycles. The van der Waals surface area contributed by atoms with Crippen LogP contribution in [0.3, 0.4) is 0 Å². The molecule has 0 heterocycles. The van der Waals surface area contributed by atoms with Gasteiger partial charge in [0.15, 0.2) is 0 Å². The lowest BCUT2D eigenvalue weighted by molar-refractivity contribution is 0.779. The Balaban J connectivity index is 2.34. The zero-order chi connectivity index (χ0) is 8.32. The number of hydrogen-bond donors (Lipinski definition) is 2. The Bertz CT molecular complexity index is 159. The topological polar surface area (TPSA) is 24.1 Å². The minimum atomic E-state index is 0.301. The summed E-state index contributed by atoms with van der Waals surface area (Å²) in [6, 6.07) is 0. The number of nitrogens with one attached hydrogen (secondary N) is 2. The average Bonchev–Trinajstić information content (AvgIpc) is 2.81. The van der Waals surface area contributed by atoms with E-state index in [1.165, 1.54) is 12.8 Å². The maximum Gasteiger partial charge on any atom is 0.0808 e. The molecule has 1 rings (SSSR count). The lowest BCUT2D eigenvalue weighted by Crippen LogP contribution is -2.19. The molecule has 64 valence electrons. The van der Waals surface area contributed by atoms with E-state index < -0.39 is 0 Å². The van der Waals surface area contributed by atoms with Crippen molar-refractivity contribution in [1.29, 1.82) is 0 Å². The van der Waals surface area contributed by atoms with E-state index in [2.05, 4.69) is 63.7 Å². The normalized spacial score (nSPS) is 23.9. The monoisotopic (exact) mass is 302 g/mol. The number of hydrogen-bond acceptors (Lipinski definition) is 2. The van der Waals surface area contributed by atoms with Gasteiger partial charge in [0.1, 0.15) is 0 Å². The van der Waals surface area contributed by atoms with E-state index in [1.807, 2.05) is 0 Å². The van der Waals surface area contributed by atoms with E-state index in [0.717, 1.165) is 0 Å². The minimum Gasteiger partial charge on any atom is -0.291 e. The Morgan fingerprint density at radius 1 is 1.45 bits per heavy atom. The maximum absolute atomic E-state index is 3.22. The van der Waals surface area contributed by atoms with Crippen molar-refractivity contribution < 1.29 is 0 Å². The summed E-state index contributed by atoms with van der Waals surface area (Å²) in [6.07, 6.45) is 6.94. The molecule has 0 radical (unpaired) electrons. The third-order valence-electron chi connectivity index (χ3n) is 1.82. The lowest BCUT2D eigenvalue weighted by Gasteiger charge is -2.08. The van der Waals surface area contributed by atoms with E-state index in [0.29, 0.717) is 9.59 Å². The molecule has 2 N–H and O–H groups in total. The highest BCUT2D eigenvalue weighted by atomic mass is 127. The van der Waals surface area contributed by atoms with Crippen LogP contribution in [0.5, 0.6) is 0 Å². The molecule has 5 heteroatoms. The fraction of sp³-hybridized carbons (Fsp3) is 0.667. The Kier molecular flexibility index (Phi) is 4.20. The second-order valence-electron chi connectivity index (χ2n) is 2.73. The summed E-state index contributed by atoms with van der Waals surface area (Å²) in [5.74, 6) is 0. The van der Waals surface area contributed by atoms with Crippen molar-refractivity contribution in [1.82, 2.24) is 10.2 Å². The van der Waals surface area contributed by atoms with Gasteiger partial charge in [-0.2, -0.15) is 0 Å². The summed E-state index contributed by atoms with van der Waals surface area (Å²) in [5.41, 5.74) is 0.301. The van der Waals surface area contributed by atoms with E-state index >= 15 is 0 Å². The molecule has 0 bridgehead atoms. The molecule has 0 saturated heterocycles. The van der Waals surface area contributed by atoms with Gasteiger partial charge >= 0.3 is 0 Å². The van der Waals surface area contributed by atoms with Gasteiger partial charge in [-0.05, 0) is 12.8 Å². The van der Waals surface area contributed by atoms with Gasteiger partial charge in [-0.15, -0.1) is 0 Å². The Labute approximate surface area is 86.0 Å². The summed E-state index contributed by atoms with van der Waals surface area (Å²) < 4.78 is 0.411. The smallest absolute Gasteiger partial charge is 0.0808 e. The molecule has 3 atom stereocenters. The van der Waals surface area contributed by atoms with E-state index in [1.54, 1.807) is 0 Å². The first-order valence-corrected chi connectivity index (χ1v) is 5.90. The van der Waals surface area contributed by atoms with E-state index in [4.69, 9.17) is 0 Å². The van der Waals surface area contributed by atoms with Gasteiger partial charge in [-0.25, -0.2) is 0 Å². The van der Waals surface area contributed by atoms with Gasteiger partial charge in [-0.3, -0.25) is 10.2 Å². The molecule has 1 aliphatic rings. The average molecular weight is 302 g/mol. The van der Waals surface area contributed by atoms with Crippen molar-refractivity contribution in [3.63, 3.8) is 0 Å². The molecule has 0 amide bonds. The standard InChI is InChI=1S/C6H13IN2P2/c7-5(8-10)1-2-6(9-11)3-4-6/h1-2,5,8-9H,3-4,10-11H2/b2-1+/t5-/m0/s1. The Morgan fingerprint density at radius 3 is 2.45 bits per heavy atom. The van der Waals surface area contributed by atoms with E-state index in [9.17, 15) is 0 Å². The molecule has 0 spiro atoms. The molecule has 2 nitrogen and oxygen atoms in total. The van der Waals surface area contributed by atoms with Gasteiger partial charge in [-0.1, -0.05) is 53.5 Å². The van der Waals surface area contributed by atoms with Gasteiger partial charge in [0.25, 0.3) is 0 Å². The first kappa shape index (κ1) is 10.3. The Morgan fingerprint density at radius 2 is 2.09 bits per heavy atom. The van der Waals surface area contributed by atoms with Crippen LogP contribution in [0.25, 0.3) is 0 Å². The highest BCUT2D eigenvalue weighted by Crippen LogP contribution is 2.37. The van der Waals surface area contributed by atoms with Crippen LogP contribution in [0.15, 0.2) is 12.2 Å². The molecule has 0 aromatic carbocycles. The van der Waals surface area contributed by atoms with Crippen LogP contribution in [0, 0.1) is 0 Å². The van der Waals surface area contributed by atoms with Gasteiger partial charge in [0.05, 0.1) is 4.05 Å². The van der Waals surface area contributed by atoms with Gasteiger partial charge in [0.2, 0.25) is 0 Å². The summed E-state index contributed by atoms with van der Waals surface area (Å²) in [5, 5.41) is 6.30. The number of alkyl halides is 1. The predicted octanol–water partition coefficient (Wildman–Crippen LogP) is 1.60. The minimum absolute atomic E-state index is 0.301. The predicted molar refractivity (Wildman–Crippen MR) is 64.6 cm³/mol. The third kappa shape index (κ3) is 3.23. The summed E-state index contributed by atoms with van der Waals surface area (Å²) in [4.78, 5) is 0. The molecule has 0 aromatic rings. The van der Waals surface area contributed by atoms with Gasteiger partial charge in [0, 0.05) is 5.54 Å². The fourth-order valence-corrected chi connectivity index (χ4v) is 1.52. The molecule has 0 aromatic heterocycles. The second kappa shape index (κ2) is 4.48. The SMILES string of the molecule is PN[C@H](I)/C=C/C1(NP)CC1.